The Labute approximate surface area is 153 Å². The lowest BCUT2D eigenvalue weighted by molar-refractivity contribution is -0.200. The number of aliphatic hydroxyl groups excluding tert-OH is 1. The van der Waals surface area contributed by atoms with Crippen LogP contribution in [0, 0.1) is 0 Å². The highest BCUT2D eigenvalue weighted by molar-refractivity contribution is 6.52. The summed E-state index contributed by atoms with van der Waals surface area (Å²) in [6, 6.07) is 3.99. The molecule has 1 aliphatic heterocycles. The molecule has 0 radical (unpaired) electrons. The summed E-state index contributed by atoms with van der Waals surface area (Å²) < 4.78 is 5.10. The molecule has 3 aliphatic rings. The molecule has 2 aliphatic carbocycles. The Morgan fingerprint density at radius 1 is 1.07 bits per heavy atom. The van der Waals surface area contributed by atoms with Crippen molar-refractivity contribution < 1.29 is 39.5 Å². The molecule has 0 unspecified atom stereocenters. The van der Waals surface area contributed by atoms with Gasteiger partial charge in [0, 0.05) is 24.0 Å². The number of esters is 1. The van der Waals surface area contributed by atoms with Crippen LogP contribution in [0.3, 0.4) is 0 Å². The Hall–Kier alpha value is -2.71. The van der Waals surface area contributed by atoms with Crippen molar-refractivity contribution in [3.63, 3.8) is 0 Å². The van der Waals surface area contributed by atoms with E-state index in [2.05, 4.69) is 0 Å². The SMILES string of the molecule is C[C@@]12C[C@](O)(CCC3=C(O)c4c(O)cccc4C(=O)C3=O)[C@@](O)(C1)C(=O)O2. The quantitative estimate of drug-likeness (QED) is 0.449. The number of rotatable bonds is 3. The number of hydrogen-bond donors (Lipinski definition) is 4. The van der Waals surface area contributed by atoms with Crippen molar-refractivity contribution in [1.29, 1.82) is 0 Å². The number of ether oxygens (including phenoxy) is 1. The maximum absolute atomic E-state index is 12.4. The predicted octanol–water partition coefficient (Wildman–Crippen LogP) is 0.778. The van der Waals surface area contributed by atoms with Crippen molar-refractivity contribution in [1.82, 2.24) is 0 Å². The molecule has 3 atom stereocenters. The van der Waals surface area contributed by atoms with Crippen LogP contribution < -0.4 is 0 Å². The summed E-state index contributed by atoms with van der Waals surface area (Å²) in [7, 11) is 0. The minimum Gasteiger partial charge on any atom is -0.507 e. The summed E-state index contributed by atoms with van der Waals surface area (Å²) in [6.07, 6.45) is -0.598. The average molecular weight is 374 g/mol. The van der Waals surface area contributed by atoms with E-state index in [0.29, 0.717) is 0 Å². The van der Waals surface area contributed by atoms with Gasteiger partial charge in [0.1, 0.15) is 22.7 Å². The Bertz CT molecular complexity index is 947. The third-order valence-corrected chi connectivity index (χ3v) is 5.82. The lowest BCUT2D eigenvalue weighted by Crippen LogP contribution is -2.57. The van der Waals surface area contributed by atoms with E-state index in [0.717, 1.165) is 0 Å². The van der Waals surface area contributed by atoms with Crippen molar-refractivity contribution >= 4 is 23.3 Å². The number of ketones is 2. The van der Waals surface area contributed by atoms with E-state index < -0.39 is 40.1 Å². The van der Waals surface area contributed by atoms with Gasteiger partial charge in [-0.05, 0) is 31.9 Å². The second kappa shape index (κ2) is 5.17. The number of carbonyl (C=O) groups is 3. The Kier molecular flexibility index (Phi) is 3.39. The molecule has 8 heteroatoms. The monoisotopic (exact) mass is 374 g/mol. The van der Waals surface area contributed by atoms with E-state index in [-0.39, 0.29) is 48.1 Å². The number of phenols is 1. The fourth-order valence-electron chi connectivity index (χ4n) is 4.53. The largest absolute Gasteiger partial charge is 0.507 e. The normalized spacial score (nSPS) is 34.9. The molecule has 4 N–H and O–H groups in total. The molecule has 1 aromatic rings. The van der Waals surface area contributed by atoms with Crippen LogP contribution >= 0.6 is 0 Å². The van der Waals surface area contributed by atoms with Crippen molar-refractivity contribution in [2.24, 2.45) is 0 Å². The fraction of sp³-hybridized carbons (Fsp3) is 0.421. The zero-order chi connectivity index (χ0) is 19.8. The van der Waals surface area contributed by atoms with Gasteiger partial charge in [-0.1, -0.05) is 6.07 Å². The second-order valence-electron chi connectivity index (χ2n) is 7.77. The summed E-state index contributed by atoms with van der Waals surface area (Å²) in [5, 5.41) is 41.9. The van der Waals surface area contributed by atoms with Gasteiger partial charge in [0.25, 0.3) is 0 Å². The summed E-state index contributed by atoms with van der Waals surface area (Å²) in [4.78, 5) is 36.7. The number of aliphatic hydroxyl groups is 3. The molecule has 1 heterocycles. The first-order valence-electron chi connectivity index (χ1n) is 8.53. The molecule has 142 valence electrons. The molecule has 0 amide bonds. The first-order chi connectivity index (χ1) is 12.5. The van der Waals surface area contributed by atoms with E-state index >= 15 is 0 Å². The third-order valence-electron chi connectivity index (χ3n) is 5.82. The fourth-order valence-corrected chi connectivity index (χ4v) is 4.53. The van der Waals surface area contributed by atoms with Gasteiger partial charge in [-0.2, -0.15) is 0 Å². The van der Waals surface area contributed by atoms with Crippen LogP contribution in [-0.2, 0) is 14.3 Å². The lowest BCUT2D eigenvalue weighted by atomic mass is 9.78. The highest BCUT2D eigenvalue weighted by Crippen LogP contribution is 2.55. The summed E-state index contributed by atoms with van der Waals surface area (Å²) in [5.41, 5.74) is -5.47. The van der Waals surface area contributed by atoms with E-state index in [1.165, 1.54) is 18.2 Å². The van der Waals surface area contributed by atoms with Crippen molar-refractivity contribution in [3.8, 4) is 5.75 Å². The van der Waals surface area contributed by atoms with Crippen molar-refractivity contribution in [3.05, 3.63) is 34.9 Å². The minimum absolute atomic E-state index is 0.0275. The third kappa shape index (κ3) is 2.20. The van der Waals surface area contributed by atoms with Gasteiger partial charge in [-0.25, -0.2) is 4.79 Å². The first-order valence-corrected chi connectivity index (χ1v) is 8.53. The average Bonchev–Trinajstić information content (AvgIpc) is 2.93. The Morgan fingerprint density at radius 2 is 1.78 bits per heavy atom. The topological polar surface area (TPSA) is 141 Å². The molecule has 1 saturated carbocycles. The molecular weight excluding hydrogens is 356 g/mol. The van der Waals surface area contributed by atoms with Gasteiger partial charge < -0.3 is 25.2 Å². The first kappa shape index (κ1) is 17.7. The smallest absolute Gasteiger partial charge is 0.341 e. The molecule has 0 spiro atoms. The summed E-state index contributed by atoms with van der Waals surface area (Å²) in [6.45, 7) is 1.60. The minimum atomic E-state index is -2.10. The highest BCUT2D eigenvalue weighted by Gasteiger charge is 2.72. The number of phenolic OH excluding ortho intramolecular Hbond substituents is 1. The number of carbonyl (C=O) groups excluding carboxylic acids is 3. The second-order valence-corrected chi connectivity index (χ2v) is 7.77. The number of aromatic hydroxyl groups is 1. The molecule has 2 bridgehead atoms. The predicted molar refractivity (Wildman–Crippen MR) is 89.9 cm³/mol. The van der Waals surface area contributed by atoms with Gasteiger partial charge in [0.2, 0.25) is 11.6 Å². The Balaban J connectivity index is 1.68. The van der Waals surface area contributed by atoms with Crippen molar-refractivity contribution in [2.75, 3.05) is 0 Å². The number of hydrogen-bond acceptors (Lipinski definition) is 8. The van der Waals surface area contributed by atoms with E-state index in [1.807, 2.05) is 0 Å². The van der Waals surface area contributed by atoms with E-state index in [9.17, 15) is 34.8 Å². The molecule has 8 nitrogen and oxygen atoms in total. The molecule has 0 aromatic heterocycles. The van der Waals surface area contributed by atoms with Gasteiger partial charge in [-0.3, -0.25) is 9.59 Å². The van der Waals surface area contributed by atoms with Gasteiger partial charge in [0.05, 0.1) is 5.56 Å². The van der Waals surface area contributed by atoms with Crippen LogP contribution in [0.2, 0.25) is 0 Å². The highest BCUT2D eigenvalue weighted by atomic mass is 16.6. The zero-order valence-corrected chi connectivity index (χ0v) is 14.5. The van der Waals surface area contributed by atoms with Crippen LogP contribution in [0.15, 0.2) is 23.8 Å². The van der Waals surface area contributed by atoms with Crippen LogP contribution in [0.1, 0.15) is 48.5 Å². The van der Waals surface area contributed by atoms with Gasteiger partial charge >= 0.3 is 5.97 Å². The number of fused-ring (bicyclic) bond motifs is 3. The van der Waals surface area contributed by atoms with Crippen LogP contribution in [0.25, 0.3) is 5.76 Å². The molecule has 1 saturated heterocycles. The Morgan fingerprint density at radius 3 is 2.41 bits per heavy atom. The zero-order valence-electron chi connectivity index (χ0n) is 14.5. The number of Topliss-reactive ketones (excluding diaryl/α,β-unsaturated/α-hetero) is 2. The van der Waals surface area contributed by atoms with Gasteiger partial charge in [-0.15, -0.1) is 0 Å². The molecule has 4 rings (SSSR count). The summed E-state index contributed by atoms with van der Waals surface area (Å²) >= 11 is 0. The van der Waals surface area contributed by atoms with E-state index in [1.54, 1.807) is 6.92 Å². The van der Waals surface area contributed by atoms with Crippen LogP contribution in [0.4, 0.5) is 0 Å². The maximum atomic E-state index is 12.4. The molecule has 1 aromatic carbocycles. The van der Waals surface area contributed by atoms with Crippen LogP contribution in [-0.4, -0.2) is 54.8 Å². The molecular formula is C19H18O8. The van der Waals surface area contributed by atoms with Crippen LogP contribution in [0.5, 0.6) is 5.75 Å². The number of benzene rings is 1. The molecule has 27 heavy (non-hydrogen) atoms. The van der Waals surface area contributed by atoms with Gasteiger partial charge in [0.15, 0.2) is 5.60 Å². The summed E-state index contributed by atoms with van der Waals surface area (Å²) in [5.74, 6) is -3.64. The molecule has 2 fully saturated rings. The van der Waals surface area contributed by atoms with Crippen molar-refractivity contribution in [2.45, 2.75) is 49.4 Å². The maximum Gasteiger partial charge on any atom is 0.341 e. The lowest BCUT2D eigenvalue weighted by Gasteiger charge is -2.38. The standard InChI is InChI=1S/C19H18O8/c1-17-7-18(25,19(26,8-17)16(24)27-17)6-5-10-13(21)12-9(14(22)15(10)23)3-2-4-11(12)20/h2-4,20-21,25-26H,5-8H2,1H3/t17-,18-,19-/m1/s1. The van der Waals surface area contributed by atoms with E-state index in [4.69, 9.17) is 4.74 Å². The number of allylic oxidation sites excluding steroid dienone is 1.